The van der Waals surface area contributed by atoms with Gasteiger partial charge in [-0.15, -0.1) is 0 Å². The zero-order valence-electron chi connectivity index (χ0n) is 15.5. The minimum absolute atomic E-state index is 0.0760. The number of aliphatic carboxylic acids is 1. The largest absolute Gasteiger partial charge is 0.480 e. The van der Waals surface area contributed by atoms with Gasteiger partial charge in [-0.3, -0.25) is 14.6 Å². The van der Waals surface area contributed by atoms with Crippen molar-refractivity contribution in [3.63, 3.8) is 0 Å². The Bertz CT molecular complexity index is 680. The van der Waals surface area contributed by atoms with Crippen LogP contribution in [-0.4, -0.2) is 53.7 Å². The number of nitrogens with zero attached hydrogens (tertiary/aromatic N) is 1. The van der Waals surface area contributed by atoms with E-state index < -0.39 is 23.8 Å². The summed E-state index contributed by atoms with van der Waals surface area (Å²) in [5.74, 6) is -2.21. The quantitative estimate of drug-likeness (QED) is 0.118. The van der Waals surface area contributed by atoms with Crippen LogP contribution in [0.4, 0.5) is 0 Å². The molecule has 0 spiro atoms. The molecule has 0 aliphatic rings. The number of carbonyl (C=O) groups excluding carboxylic acids is 2. The molecule has 0 aromatic heterocycles. The second kappa shape index (κ2) is 12.6. The molecule has 10 heteroatoms. The van der Waals surface area contributed by atoms with Crippen molar-refractivity contribution in [3.05, 3.63) is 35.9 Å². The molecule has 1 rings (SSSR count). The van der Waals surface area contributed by atoms with Crippen molar-refractivity contribution >= 4 is 36.4 Å². The molecule has 0 aliphatic heterocycles. The predicted molar refractivity (Wildman–Crippen MR) is 110 cm³/mol. The van der Waals surface area contributed by atoms with Crippen molar-refractivity contribution < 1.29 is 19.5 Å². The molecule has 2 amide bonds. The highest BCUT2D eigenvalue weighted by Gasteiger charge is 2.21. The maximum atomic E-state index is 12.3. The summed E-state index contributed by atoms with van der Waals surface area (Å²) in [6, 6.07) is 8.40. The molecule has 1 unspecified atom stereocenters. The van der Waals surface area contributed by atoms with E-state index in [2.05, 4.69) is 28.3 Å². The van der Waals surface area contributed by atoms with E-state index in [9.17, 15) is 19.5 Å². The molecule has 7 N–H and O–H groups in total. The summed E-state index contributed by atoms with van der Waals surface area (Å²) in [5.41, 5.74) is 11.4. The van der Waals surface area contributed by atoms with Gasteiger partial charge in [0.15, 0.2) is 5.96 Å². The van der Waals surface area contributed by atoms with Gasteiger partial charge in [-0.1, -0.05) is 30.3 Å². The number of thiol groups is 1. The van der Waals surface area contributed by atoms with E-state index in [-0.39, 0.29) is 31.4 Å². The van der Waals surface area contributed by atoms with Gasteiger partial charge in [-0.25, -0.2) is 4.79 Å². The Morgan fingerprint density at radius 1 is 1.18 bits per heavy atom. The molecule has 28 heavy (non-hydrogen) atoms. The Morgan fingerprint density at radius 3 is 2.43 bits per heavy atom. The summed E-state index contributed by atoms with van der Waals surface area (Å²) in [6.45, 7) is -0.0442. The van der Waals surface area contributed by atoms with Crippen LogP contribution in [0.1, 0.15) is 18.4 Å². The SMILES string of the molecule is NC(N)=NCCC[C@H](NC(=O)CNC(=O)C(CS)Cc1ccccc1)C(=O)O. The van der Waals surface area contributed by atoms with E-state index in [0.29, 0.717) is 18.6 Å². The number of hydrogen-bond donors (Lipinski definition) is 6. The van der Waals surface area contributed by atoms with Gasteiger partial charge < -0.3 is 27.2 Å². The number of rotatable bonds is 12. The van der Waals surface area contributed by atoms with Crippen LogP contribution in [0.2, 0.25) is 0 Å². The predicted octanol–water partition coefficient (Wildman–Crippen LogP) is -0.486. The summed E-state index contributed by atoms with van der Waals surface area (Å²) in [5, 5.41) is 14.1. The Balaban J connectivity index is 2.45. The first-order valence-electron chi connectivity index (χ1n) is 8.83. The monoisotopic (exact) mass is 409 g/mol. The number of carboxylic acid groups (broad SMARTS) is 1. The van der Waals surface area contributed by atoms with E-state index in [1.54, 1.807) is 0 Å². The fourth-order valence-electron chi connectivity index (χ4n) is 2.46. The Kier molecular flexibility index (Phi) is 10.5. The Hall–Kier alpha value is -2.75. The van der Waals surface area contributed by atoms with E-state index in [0.717, 1.165) is 5.56 Å². The first-order valence-corrected chi connectivity index (χ1v) is 9.46. The van der Waals surface area contributed by atoms with Crippen LogP contribution < -0.4 is 22.1 Å². The number of carbonyl (C=O) groups is 3. The molecule has 0 radical (unpaired) electrons. The molecule has 0 fully saturated rings. The Morgan fingerprint density at radius 2 is 1.86 bits per heavy atom. The molecule has 1 aromatic rings. The zero-order chi connectivity index (χ0) is 20.9. The normalized spacial score (nSPS) is 12.5. The molecule has 2 atom stereocenters. The molecule has 0 saturated carbocycles. The fourth-order valence-corrected chi connectivity index (χ4v) is 2.75. The van der Waals surface area contributed by atoms with Crippen molar-refractivity contribution in [2.45, 2.75) is 25.3 Å². The lowest BCUT2D eigenvalue weighted by atomic mass is 10.0. The number of nitrogens with one attached hydrogen (secondary N) is 2. The van der Waals surface area contributed by atoms with Crippen molar-refractivity contribution in [1.82, 2.24) is 10.6 Å². The van der Waals surface area contributed by atoms with Crippen LogP contribution in [0.3, 0.4) is 0 Å². The van der Waals surface area contributed by atoms with Crippen LogP contribution in [0.15, 0.2) is 35.3 Å². The highest BCUT2D eigenvalue weighted by Crippen LogP contribution is 2.10. The molecular formula is C18H27N5O4S. The summed E-state index contributed by atoms with van der Waals surface area (Å²) >= 11 is 4.21. The maximum absolute atomic E-state index is 12.3. The second-order valence-corrected chi connectivity index (χ2v) is 6.56. The highest BCUT2D eigenvalue weighted by molar-refractivity contribution is 7.80. The standard InChI is InChI=1S/C18H27N5O4S/c19-18(20)21-8-4-7-14(17(26)27)23-15(24)10-22-16(25)13(11-28)9-12-5-2-1-3-6-12/h1-3,5-6,13-14,28H,4,7-11H2,(H,22,25)(H,23,24)(H,26,27)(H4,19,20,21)/t13?,14-/m0/s1. The number of amides is 2. The summed E-state index contributed by atoms with van der Waals surface area (Å²) < 4.78 is 0. The first-order chi connectivity index (χ1) is 13.3. The molecule has 0 bridgehead atoms. The van der Waals surface area contributed by atoms with Crippen molar-refractivity contribution in [2.75, 3.05) is 18.8 Å². The molecular weight excluding hydrogens is 382 g/mol. The van der Waals surface area contributed by atoms with Crippen LogP contribution in [0.25, 0.3) is 0 Å². The average molecular weight is 410 g/mol. The number of hydrogen-bond acceptors (Lipinski definition) is 5. The van der Waals surface area contributed by atoms with E-state index in [4.69, 9.17) is 11.5 Å². The zero-order valence-corrected chi connectivity index (χ0v) is 16.4. The first kappa shape index (κ1) is 23.3. The minimum atomic E-state index is -1.17. The van der Waals surface area contributed by atoms with E-state index in [1.165, 1.54) is 0 Å². The molecule has 0 heterocycles. The number of benzene rings is 1. The van der Waals surface area contributed by atoms with Gasteiger partial charge in [-0.2, -0.15) is 12.6 Å². The molecule has 9 nitrogen and oxygen atoms in total. The van der Waals surface area contributed by atoms with E-state index in [1.807, 2.05) is 30.3 Å². The number of guanidine groups is 1. The van der Waals surface area contributed by atoms with Crippen molar-refractivity contribution in [3.8, 4) is 0 Å². The summed E-state index contributed by atoms with van der Waals surface area (Å²) in [7, 11) is 0. The van der Waals surface area contributed by atoms with Crippen LogP contribution in [-0.2, 0) is 20.8 Å². The van der Waals surface area contributed by atoms with Gasteiger partial charge >= 0.3 is 5.97 Å². The lowest BCUT2D eigenvalue weighted by Gasteiger charge is -2.17. The van der Waals surface area contributed by atoms with Crippen LogP contribution in [0, 0.1) is 5.92 Å². The van der Waals surface area contributed by atoms with Crippen molar-refractivity contribution in [2.24, 2.45) is 22.4 Å². The third kappa shape index (κ3) is 9.26. The van der Waals surface area contributed by atoms with Gasteiger partial charge in [0.25, 0.3) is 0 Å². The highest BCUT2D eigenvalue weighted by atomic mass is 32.1. The molecule has 154 valence electrons. The lowest BCUT2D eigenvalue weighted by molar-refractivity contribution is -0.142. The summed E-state index contributed by atoms with van der Waals surface area (Å²) in [6.07, 6.45) is 1.06. The third-order valence-corrected chi connectivity index (χ3v) is 4.36. The average Bonchev–Trinajstić information content (AvgIpc) is 2.67. The maximum Gasteiger partial charge on any atom is 0.326 e. The Labute approximate surface area is 169 Å². The molecule has 0 aliphatic carbocycles. The minimum Gasteiger partial charge on any atom is -0.480 e. The smallest absolute Gasteiger partial charge is 0.326 e. The fraction of sp³-hybridized carbons (Fsp3) is 0.444. The van der Waals surface area contributed by atoms with Gasteiger partial charge in [-0.05, 0) is 24.8 Å². The van der Waals surface area contributed by atoms with Gasteiger partial charge in [0, 0.05) is 12.3 Å². The summed E-state index contributed by atoms with van der Waals surface area (Å²) in [4.78, 5) is 39.3. The van der Waals surface area contributed by atoms with Gasteiger partial charge in [0.1, 0.15) is 6.04 Å². The van der Waals surface area contributed by atoms with Crippen LogP contribution in [0.5, 0.6) is 0 Å². The lowest BCUT2D eigenvalue weighted by Crippen LogP contribution is -2.46. The van der Waals surface area contributed by atoms with E-state index >= 15 is 0 Å². The number of nitrogens with two attached hydrogens (primary N) is 2. The third-order valence-electron chi connectivity index (χ3n) is 3.92. The van der Waals surface area contributed by atoms with Gasteiger partial charge in [0.2, 0.25) is 11.8 Å². The van der Waals surface area contributed by atoms with Gasteiger partial charge in [0.05, 0.1) is 12.5 Å². The van der Waals surface area contributed by atoms with Crippen LogP contribution >= 0.6 is 12.6 Å². The number of aliphatic imine (C=N–C) groups is 1. The van der Waals surface area contributed by atoms with Crippen molar-refractivity contribution in [1.29, 1.82) is 0 Å². The topological polar surface area (TPSA) is 160 Å². The second-order valence-electron chi connectivity index (χ2n) is 6.19. The molecule has 0 saturated heterocycles. The number of carboxylic acids is 1. The molecule has 1 aromatic carbocycles.